The molecule has 0 unspecified atom stereocenters. The van der Waals surface area contributed by atoms with E-state index in [9.17, 15) is 0 Å². The van der Waals surface area contributed by atoms with E-state index in [-0.39, 0.29) is 0 Å². The number of benzene rings is 9. The second kappa shape index (κ2) is 12.6. The van der Waals surface area contributed by atoms with Gasteiger partial charge in [-0.15, -0.1) is 0 Å². The molecule has 0 bridgehead atoms. The van der Waals surface area contributed by atoms with Gasteiger partial charge in [0.2, 0.25) is 0 Å². The predicted octanol–water partition coefficient (Wildman–Crippen LogP) is 15.1. The predicted molar refractivity (Wildman–Crippen MR) is 229 cm³/mol. The van der Waals surface area contributed by atoms with E-state index < -0.39 is 0 Å². The van der Waals surface area contributed by atoms with Gasteiger partial charge in [-0.25, -0.2) is 0 Å². The molecule has 0 saturated carbocycles. The van der Waals surface area contributed by atoms with Crippen LogP contribution >= 0.6 is 0 Å². The molecule has 0 atom stereocenters. The number of rotatable bonds is 6. The van der Waals surface area contributed by atoms with Gasteiger partial charge in [0.1, 0.15) is 22.3 Å². The average Bonchev–Trinajstić information content (AvgIpc) is 3.84. The molecule has 11 rings (SSSR count). The topological polar surface area (TPSA) is 29.5 Å². The molecule has 9 aromatic carbocycles. The first-order chi connectivity index (χ1) is 27.3. The molecule has 0 radical (unpaired) electrons. The van der Waals surface area contributed by atoms with E-state index in [2.05, 4.69) is 187 Å². The zero-order chi connectivity index (χ0) is 36.3. The highest BCUT2D eigenvalue weighted by molar-refractivity contribution is 6.25. The Bertz CT molecular complexity index is 3180. The Morgan fingerprint density at radius 3 is 1.56 bits per heavy atom. The van der Waals surface area contributed by atoms with E-state index in [1.807, 2.05) is 18.2 Å². The maximum Gasteiger partial charge on any atom is 0.143 e. The summed E-state index contributed by atoms with van der Waals surface area (Å²) < 4.78 is 13.0. The lowest BCUT2D eigenvalue weighted by Gasteiger charge is -2.27. The molecule has 0 aliphatic carbocycles. The van der Waals surface area contributed by atoms with E-state index in [0.717, 1.165) is 82.8 Å². The fourth-order valence-corrected chi connectivity index (χ4v) is 8.23. The molecule has 258 valence electrons. The van der Waals surface area contributed by atoms with Crippen LogP contribution in [0, 0.1) is 0 Å². The van der Waals surface area contributed by atoms with Crippen LogP contribution in [0.5, 0.6) is 0 Å². The molecule has 0 amide bonds. The van der Waals surface area contributed by atoms with Crippen molar-refractivity contribution >= 4 is 71.7 Å². The summed E-state index contributed by atoms with van der Waals surface area (Å²) in [6, 6.07) is 71.0. The lowest BCUT2D eigenvalue weighted by molar-refractivity contribution is 0.668. The largest absolute Gasteiger partial charge is 0.456 e. The minimum atomic E-state index is 0.873. The summed E-state index contributed by atoms with van der Waals surface area (Å²) in [4.78, 5) is 2.37. The molecular formula is C52H33NO2. The number of anilines is 3. The Kier molecular flexibility index (Phi) is 7.17. The smallest absolute Gasteiger partial charge is 0.143 e. The standard InChI is InChI=1S/C52H33NO2/c1-3-12-34(13-4-1)35-22-24-36(25-23-35)37-26-29-40(30-27-37)53(39-14-5-2-6-15-39)47-19-11-18-42-45(47)33-44(52-51(42)43-17-8-10-21-49(43)55-52)38-28-31-50-46(32-38)41-16-7-9-20-48(41)54-50/h1-33H. The van der Waals surface area contributed by atoms with Gasteiger partial charge >= 0.3 is 0 Å². The van der Waals surface area contributed by atoms with E-state index in [4.69, 9.17) is 8.83 Å². The Balaban J connectivity index is 1.10. The fraction of sp³-hybridized carbons (Fsp3) is 0. The first kappa shape index (κ1) is 31.2. The molecule has 3 nitrogen and oxygen atoms in total. The van der Waals surface area contributed by atoms with Crippen LogP contribution in [0.15, 0.2) is 209 Å². The van der Waals surface area contributed by atoms with Crippen molar-refractivity contribution in [3.63, 3.8) is 0 Å². The molecule has 2 heterocycles. The number of para-hydroxylation sites is 3. The highest BCUT2D eigenvalue weighted by Gasteiger charge is 2.22. The van der Waals surface area contributed by atoms with Gasteiger partial charge in [-0.1, -0.05) is 140 Å². The molecule has 55 heavy (non-hydrogen) atoms. The van der Waals surface area contributed by atoms with Crippen molar-refractivity contribution in [2.75, 3.05) is 4.90 Å². The van der Waals surface area contributed by atoms with Crippen molar-refractivity contribution in [3.8, 4) is 33.4 Å². The fourth-order valence-electron chi connectivity index (χ4n) is 8.23. The van der Waals surface area contributed by atoms with Gasteiger partial charge in [-0.2, -0.15) is 0 Å². The third-order valence-electron chi connectivity index (χ3n) is 10.9. The number of furan rings is 2. The third kappa shape index (κ3) is 5.20. The van der Waals surface area contributed by atoms with Gasteiger partial charge in [0.25, 0.3) is 0 Å². The van der Waals surface area contributed by atoms with Crippen molar-refractivity contribution in [2.45, 2.75) is 0 Å². The molecule has 0 aliphatic rings. The zero-order valence-electron chi connectivity index (χ0n) is 29.8. The number of fused-ring (bicyclic) bond motifs is 8. The van der Waals surface area contributed by atoms with Crippen molar-refractivity contribution in [2.24, 2.45) is 0 Å². The monoisotopic (exact) mass is 703 g/mol. The van der Waals surface area contributed by atoms with Crippen LogP contribution in [0.3, 0.4) is 0 Å². The minimum absolute atomic E-state index is 0.873. The van der Waals surface area contributed by atoms with Crippen LogP contribution in [-0.2, 0) is 0 Å². The number of nitrogens with zero attached hydrogens (tertiary/aromatic N) is 1. The molecule has 0 N–H and O–H groups in total. The van der Waals surface area contributed by atoms with Gasteiger partial charge in [0.15, 0.2) is 0 Å². The molecule has 3 heteroatoms. The summed E-state index contributed by atoms with van der Waals surface area (Å²) in [5.74, 6) is 0. The van der Waals surface area contributed by atoms with Gasteiger partial charge in [0, 0.05) is 43.9 Å². The first-order valence-electron chi connectivity index (χ1n) is 18.7. The zero-order valence-corrected chi connectivity index (χ0v) is 29.8. The maximum absolute atomic E-state index is 6.75. The molecule has 0 fully saturated rings. The lowest BCUT2D eigenvalue weighted by atomic mass is 9.94. The van der Waals surface area contributed by atoms with Crippen LogP contribution in [0.25, 0.3) is 88.0 Å². The maximum atomic E-state index is 6.75. The summed E-state index contributed by atoms with van der Waals surface area (Å²) in [5.41, 5.74) is 13.7. The van der Waals surface area contributed by atoms with Crippen molar-refractivity contribution in [3.05, 3.63) is 200 Å². The molecule has 0 saturated heterocycles. The Morgan fingerprint density at radius 1 is 0.309 bits per heavy atom. The summed E-state index contributed by atoms with van der Waals surface area (Å²) in [6.07, 6.45) is 0. The quantitative estimate of drug-likeness (QED) is 0.173. The van der Waals surface area contributed by atoms with E-state index >= 15 is 0 Å². The van der Waals surface area contributed by atoms with E-state index in [1.54, 1.807) is 0 Å². The number of hydrogen-bond donors (Lipinski definition) is 0. The first-order valence-corrected chi connectivity index (χ1v) is 18.7. The summed E-state index contributed by atoms with van der Waals surface area (Å²) in [7, 11) is 0. The third-order valence-corrected chi connectivity index (χ3v) is 10.9. The van der Waals surface area contributed by atoms with Gasteiger partial charge in [-0.3, -0.25) is 0 Å². The normalized spacial score (nSPS) is 11.6. The molecule has 0 spiro atoms. The summed E-state index contributed by atoms with van der Waals surface area (Å²) >= 11 is 0. The van der Waals surface area contributed by atoms with Crippen LogP contribution < -0.4 is 4.90 Å². The second-order valence-corrected chi connectivity index (χ2v) is 14.1. The molecular weight excluding hydrogens is 671 g/mol. The summed E-state index contributed by atoms with van der Waals surface area (Å²) in [5, 5.41) is 6.69. The minimum Gasteiger partial charge on any atom is -0.456 e. The van der Waals surface area contributed by atoms with Gasteiger partial charge in [-0.05, 0) is 93.9 Å². The van der Waals surface area contributed by atoms with Gasteiger partial charge in [0.05, 0.1) is 5.69 Å². The molecule has 0 aliphatic heterocycles. The Morgan fingerprint density at radius 2 is 0.836 bits per heavy atom. The average molecular weight is 704 g/mol. The highest BCUT2D eigenvalue weighted by Crippen LogP contribution is 2.47. The molecule has 2 aromatic heterocycles. The summed E-state index contributed by atoms with van der Waals surface area (Å²) in [6.45, 7) is 0. The SMILES string of the molecule is c1ccc(-c2ccc(-c3ccc(N(c4ccccc4)c4cccc5c4cc(-c4ccc6oc7ccccc7c6c4)c4oc6ccccc6c45)cc3)cc2)cc1. The van der Waals surface area contributed by atoms with Crippen LogP contribution in [0.2, 0.25) is 0 Å². The Hall–Kier alpha value is -7.36. The van der Waals surface area contributed by atoms with Crippen LogP contribution in [-0.4, -0.2) is 0 Å². The van der Waals surface area contributed by atoms with Crippen LogP contribution in [0.4, 0.5) is 17.1 Å². The highest BCUT2D eigenvalue weighted by atomic mass is 16.3. The van der Waals surface area contributed by atoms with Gasteiger partial charge < -0.3 is 13.7 Å². The second-order valence-electron chi connectivity index (χ2n) is 14.1. The van der Waals surface area contributed by atoms with Crippen molar-refractivity contribution in [1.29, 1.82) is 0 Å². The Labute approximate surface area is 317 Å². The van der Waals surface area contributed by atoms with Crippen molar-refractivity contribution in [1.82, 2.24) is 0 Å². The number of hydrogen-bond acceptors (Lipinski definition) is 3. The van der Waals surface area contributed by atoms with Crippen molar-refractivity contribution < 1.29 is 8.83 Å². The lowest BCUT2D eigenvalue weighted by Crippen LogP contribution is -2.10. The van der Waals surface area contributed by atoms with E-state index in [0.29, 0.717) is 0 Å². The van der Waals surface area contributed by atoms with Crippen LogP contribution in [0.1, 0.15) is 0 Å². The van der Waals surface area contributed by atoms with E-state index in [1.165, 1.54) is 22.3 Å². The molecule has 11 aromatic rings.